The van der Waals surface area contributed by atoms with E-state index in [0.717, 1.165) is 51.1 Å². The van der Waals surface area contributed by atoms with Crippen molar-refractivity contribution in [2.24, 2.45) is 5.92 Å². The summed E-state index contributed by atoms with van der Waals surface area (Å²) in [6.07, 6.45) is 4.40. The van der Waals surface area contributed by atoms with Crippen LogP contribution in [0.5, 0.6) is 0 Å². The highest BCUT2D eigenvalue weighted by atomic mass is 32.2. The summed E-state index contributed by atoms with van der Waals surface area (Å²) in [7, 11) is 0. The number of hydrogen-bond acceptors (Lipinski definition) is 7. The van der Waals surface area contributed by atoms with Crippen LogP contribution in [0.15, 0.2) is 18.2 Å². The Morgan fingerprint density at radius 2 is 1.92 bits per heavy atom. The molecule has 36 heavy (non-hydrogen) atoms. The molecule has 2 saturated heterocycles. The number of rotatable bonds is 4. The molecule has 2 bridgehead atoms. The monoisotopic (exact) mass is 519 g/mol. The molecule has 0 aromatic heterocycles. The third kappa shape index (κ3) is 7.04. The van der Waals surface area contributed by atoms with Gasteiger partial charge < -0.3 is 15.0 Å². The van der Waals surface area contributed by atoms with Crippen molar-refractivity contribution in [3.8, 4) is 6.07 Å². The number of carbonyl (C=O) groups excluding carboxylic acids is 2. The van der Waals surface area contributed by atoms with Crippen LogP contribution in [0, 0.1) is 30.0 Å². The fraction of sp³-hybridized carbons (Fsp3) is 0.654. The van der Waals surface area contributed by atoms with Gasteiger partial charge in [-0.2, -0.15) is 5.26 Å². The number of fused-ring (bicyclic) bond motifs is 2. The predicted octanol–water partition coefficient (Wildman–Crippen LogP) is 3.95. The lowest BCUT2D eigenvalue weighted by molar-refractivity contribution is -0.127. The molecule has 0 radical (unpaired) electrons. The second-order valence-corrected chi connectivity index (χ2v) is 11.3. The number of anilines is 1. The van der Waals surface area contributed by atoms with Crippen molar-refractivity contribution < 1.29 is 18.7 Å². The van der Waals surface area contributed by atoms with Gasteiger partial charge in [0.05, 0.1) is 6.07 Å². The van der Waals surface area contributed by atoms with Crippen molar-refractivity contribution in [2.45, 2.75) is 64.6 Å². The summed E-state index contributed by atoms with van der Waals surface area (Å²) in [6.45, 7) is 11.2. The molecule has 2 amide bonds. The molecule has 0 spiro atoms. The van der Waals surface area contributed by atoms with E-state index in [4.69, 9.17) is 10.00 Å². The number of nitriles is 1. The van der Waals surface area contributed by atoms with Crippen LogP contribution in [-0.4, -0.2) is 77.9 Å². The number of benzene rings is 1. The molecule has 2 heterocycles. The lowest BCUT2D eigenvalue weighted by Gasteiger charge is -2.35. The standard InChI is InChI=1S/C14H21N3O3.C12H17FN2S/c1-14(2,3)20-13(19)17-10-5-4-9(8-10)11(17)12(18)16-7-6-15;1-10-3-4-11(9-12(10)13)14-5-7-15(16-2)8-6-14/h9-11H,4-5,7-8H2,1-3H3,(H,16,18);3-4,9H,5-8H2,1-2H3/t9?,10-,11+;/m1./s1. The number of piperidine rings is 1. The summed E-state index contributed by atoms with van der Waals surface area (Å²) in [4.78, 5) is 28.3. The molecule has 3 fully saturated rings. The molecule has 1 aromatic rings. The van der Waals surface area contributed by atoms with Crippen LogP contribution < -0.4 is 10.2 Å². The summed E-state index contributed by atoms with van der Waals surface area (Å²) in [5, 5.41) is 11.1. The number of halogens is 1. The zero-order valence-electron chi connectivity index (χ0n) is 21.9. The lowest BCUT2D eigenvalue weighted by Crippen LogP contribution is -2.53. The summed E-state index contributed by atoms with van der Waals surface area (Å²) in [5.74, 6) is -0.166. The first-order chi connectivity index (χ1) is 17.0. The Balaban J connectivity index is 0.000000205. The fourth-order valence-electron chi connectivity index (χ4n) is 5.04. The van der Waals surface area contributed by atoms with Crippen LogP contribution in [0.25, 0.3) is 0 Å². The first kappa shape index (κ1) is 28.1. The van der Waals surface area contributed by atoms with Gasteiger partial charge in [-0.3, -0.25) is 9.69 Å². The number of likely N-dealkylation sites (tertiary alicyclic amines) is 1. The maximum atomic E-state index is 13.4. The quantitative estimate of drug-likeness (QED) is 0.476. The van der Waals surface area contributed by atoms with Crippen molar-refractivity contribution >= 4 is 29.6 Å². The summed E-state index contributed by atoms with van der Waals surface area (Å²) in [5.41, 5.74) is 1.14. The van der Waals surface area contributed by atoms with Gasteiger partial charge in [0.1, 0.15) is 24.0 Å². The molecule has 2 aliphatic heterocycles. The molecule has 3 atom stereocenters. The third-order valence-corrected chi connectivity index (χ3v) is 7.70. The van der Waals surface area contributed by atoms with Gasteiger partial charge in [0.25, 0.3) is 0 Å². The van der Waals surface area contributed by atoms with Gasteiger partial charge in [-0.05, 0) is 76.8 Å². The van der Waals surface area contributed by atoms with Gasteiger partial charge in [-0.15, -0.1) is 0 Å². The summed E-state index contributed by atoms with van der Waals surface area (Å²) >= 11 is 1.78. The fourth-order valence-corrected chi connectivity index (χ4v) is 5.57. The van der Waals surface area contributed by atoms with Gasteiger partial charge in [0.15, 0.2) is 0 Å². The van der Waals surface area contributed by atoms with Crippen molar-refractivity contribution in [1.29, 1.82) is 5.26 Å². The molecule has 1 N–H and O–H groups in total. The highest BCUT2D eigenvalue weighted by molar-refractivity contribution is 7.96. The van der Waals surface area contributed by atoms with Gasteiger partial charge >= 0.3 is 6.09 Å². The number of ether oxygens (including phenoxy) is 1. The molecule has 1 aromatic carbocycles. The van der Waals surface area contributed by atoms with Crippen LogP contribution in [0.3, 0.4) is 0 Å². The second-order valence-electron chi connectivity index (χ2n) is 10.5. The number of nitrogens with zero attached hydrogens (tertiary/aromatic N) is 4. The molecule has 1 aliphatic carbocycles. The largest absolute Gasteiger partial charge is 0.444 e. The zero-order valence-corrected chi connectivity index (χ0v) is 22.7. The van der Waals surface area contributed by atoms with Crippen molar-refractivity contribution in [2.75, 3.05) is 43.9 Å². The average Bonchev–Trinajstić information content (AvgIpc) is 3.46. The first-order valence-electron chi connectivity index (χ1n) is 12.5. The maximum Gasteiger partial charge on any atom is 0.411 e. The van der Waals surface area contributed by atoms with Crippen LogP contribution >= 0.6 is 11.9 Å². The lowest BCUT2D eigenvalue weighted by atomic mass is 9.98. The van der Waals surface area contributed by atoms with E-state index in [1.165, 1.54) is 0 Å². The average molecular weight is 520 g/mol. The predicted molar refractivity (Wildman–Crippen MR) is 140 cm³/mol. The van der Waals surface area contributed by atoms with E-state index in [1.807, 2.05) is 39.0 Å². The Hall–Kier alpha value is -2.51. The van der Waals surface area contributed by atoms with Crippen molar-refractivity contribution in [3.63, 3.8) is 0 Å². The molecule has 10 heteroatoms. The number of aryl methyl sites for hydroxylation is 1. The van der Waals surface area contributed by atoms with Crippen molar-refractivity contribution in [1.82, 2.24) is 14.5 Å². The SMILES string of the molecule is CC(C)(C)OC(=O)N1[C@@H]2CCC(C2)[C@H]1C(=O)NCC#N.CSN1CCN(c2ccc(C)c(F)c2)CC1. The van der Waals surface area contributed by atoms with Crippen LogP contribution in [0.2, 0.25) is 0 Å². The molecule has 1 saturated carbocycles. The van der Waals surface area contributed by atoms with E-state index in [2.05, 4.69) is 20.8 Å². The molecular formula is C26H38FN5O3S. The Morgan fingerprint density at radius 1 is 1.22 bits per heavy atom. The topological polar surface area (TPSA) is 88.9 Å². The van der Waals surface area contributed by atoms with E-state index in [1.54, 1.807) is 29.8 Å². The zero-order chi connectivity index (χ0) is 26.5. The van der Waals surface area contributed by atoms with Gasteiger partial charge in [-0.25, -0.2) is 13.5 Å². The van der Waals surface area contributed by atoms with Crippen LogP contribution in [-0.2, 0) is 9.53 Å². The van der Waals surface area contributed by atoms with Crippen molar-refractivity contribution in [3.05, 3.63) is 29.6 Å². The van der Waals surface area contributed by atoms with E-state index < -0.39 is 17.7 Å². The van der Waals surface area contributed by atoms with Gasteiger partial charge in [0.2, 0.25) is 5.91 Å². The molecule has 198 valence electrons. The van der Waals surface area contributed by atoms with Gasteiger partial charge in [-0.1, -0.05) is 18.0 Å². The van der Waals surface area contributed by atoms with Crippen LogP contribution in [0.1, 0.15) is 45.6 Å². The highest BCUT2D eigenvalue weighted by Gasteiger charge is 2.52. The van der Waals surface area contributed by atoms with E-state index in [-0.39, 0.29) is 30.2 Å². The van der Waals surface area contributed by atoms with E-state index in [0.29, 0.717) is 5.56 Å². The number of carbonyl (C=O) groups is 2. The highest BCUT2D eigenvalue weighted by Crippen LogP contribution is 2.43. The molecular weight excluding hydrogens is 481 g/mol. The van der Waals surface area contributed by atoms with Gasteiger partial charge in [0, 0.05) is 37.9 Å². The Labute approximate surface area is 218 Å². The Morgan fingerprint density at radius 3 is 2.50 bits per heavy atom. The molecule has 3 aliphatic rings. The normalized spacial score (nSPS) is 23.5. The Kier molecular flexibility index (Phi) is 9.47. The minimum Gasteiger partial charge on any atom is -0.444 e. The second kappa shape index (κ2) is 12.2. The third-order valence-electron chi connectivity index (χ3n) is 6.82. The first-order valence-corrected chi connectivity index (χ1v) is 13.7. The van der Waals surface area contributed by atoms with E-state index in [9.17, 15) is 14.0 Å². The Bertz CT molecular complexity index is 971. The molecule has 8 nitrogen and oxygen atoms in total. The smallest absolute Gasteiger partial charge is 0.411 e. The number of piperazine rings is 1. The molecule has 4 rings (SSSR count). The minimum atomic E-state index is -0.577. The van der Waals surface area contributed by atoms with Crippen LogP contribution in [0.4, 0.5) is 14.9 Å². The number of hydrogen-bond donors (Lipinski definition) is 1. The number of amides is 2. The van der Waals surface area contributed by atoms with E-state index >= 15 is 0 Å². The molecule has 1 unspecified atom stereocenters. The number of nitrogens with one attached hydrogen (secondary N) is 1. The minimum absolute atomic E-state index is 0.0329. The summed E-state index contributed by atoms with van der Waals surface area (Å²) < 4.78 is 21.2. The summed E-state index contributed by atoms with van der Waals surface area (Å²) in [6, 6.07) is 6.99. The maximum absolute atomic E-state index is 13.4.